The number of benzene rings is 1. The van der Waals surface area contributed by atoms with Crippen molar-refractivity contribution in [1.82, 2.24) is 15.6 Å². The van der Waals surface area contributed by atoms with E-state index in [0.717, 1.165) is 34.5 Å². The van der Waals surface area contributed by atoms with Crippen molar-refractivity contribution in [2.45, 2.75) is 89.8 Å². The zero-order valence-corrected chi connectivity index (χ0v) is 27.4. The molecule has 0 aliphatic rings. The van der Waals surface area contributed by atoms with Gasteiger partial charge in [0.25, 0.3) is 0 Å². The van der Waals surface area contributed by atoms with E-state index in [9.17, 15) is 9.59 Å². The number of aromatic nitrogens is 1. The second kappa shape index (κ2) is 17.8. The first kappa shape index (κ1) is 36.9. The van der Waals surface area contributed by atoms with Crippen molar-refractivity contribution < 1.29 is 14.3 Å². The van der Waals surface area contributed by atoms with Gasteiger partial charge < -0.3 is 49.4 Å². The van der Waals surface area contributed by atoms with Crippen LogP contribution < -0.4 is 49.4 Å². The van der Waals surface area contributed by atoms with Crippen molar-refractivity contribution >= 4 is 40.3 Å². The lowest BCUT2D eigenvalue weighted by atomic mass is 9.91. The van der Waals surface area contributed by atoms with Crippen molar-refractivity contribution in [2.24, 2.45) is 38.7 Å². The number of nitrogens with zero attached hydrogens (tertiary/aromatic N) is 3. The third kappa shape index (κ3) is 13.1. The topological polar surface area (TPSA) is 247 Å². The summed E-state index contributed by atoms with van der Waals surface area (Å²) >= 11 is 0. The Labute approximate surface area is 266 Å². The quantitative estimate of drug-likeness (QED) is 0.0665. The van der Waals surface area contributed by atoms with Gasteiger partial charge in [0.1, 0.15) is 11.8 Å². The molecule has 14 nitrogen and oxygen atoms in total. The highest BCUT2D eigenvalue weighted by molar-refractivity contribution is 5.92. The Morgan fingerprint density at radius 1 is 0.933 bits per heavy atom. The Bertz CT molecular complexity index is 1320. The van der Waals surface area contributed by atoms with Crippen LogP contribution in [0.5, 0.6) is 5.75 Å². The molecule has 14 heteroatoms. The summed E-state index contributed by atoms with van der Waals surface area (Å²) in [7, 11) is 1.65. The Morgan fingerprint density at radius 3 is 2.18 bits per heavy atom. The summed E-state index contributed by atoms with van der Waals surface area (Å²) in [5.74, 6) is -0.0161. The van der Waals surface area contributed by atoms with E-state index >= 15 is 0 Å². The summed E-state index contributed by atoms with van der Waals surface area (Å²) in [5, 5.41) is 10.3. The van der Waals surface area contributed by atoms with Crippen molar-refractivity contribution in [3.63, 3.8) is 0 Å². The molecule has 1 aromatic heterocycles. The fraction of sp³-hybridized carbons (Fsp3) is 0.581. The molecule has 0 radical (unpaired) electrons. The summed E-state index contributed by atoms with van der Waals surface area (Å²) in [5.41, 5.74) is 30.2. The van der Waals surface area contributed by atoms with Crippen LogP contribution >= 0.6 is 0 Å². The van der Waals surface area contributed by atoms with Crippen LogP contribution in [-0.4, -0.2) is 73.6 Å². The van der Waals surface area contributed by atoms with Gasteiger partial charge in [-0.05, 0) is 57.6 Å². The first-order chi connectivity index (χ1) is 21.2. The van der Waals surface area contributed by atoms with Crippen LogP contribution in [0.3, 0.4) is 0 Å². The molecule has 0 spiro atoms. The van der Waals surface area contributed by atoms with E-state index < -0.39 is 18.0 Å². The molecule has 13 N–H and O–H groups in total. The van der Waals surface area contributed by atoms with Crippen LogP contribution in [0.2, 0.25) is 0 Å². The minimum atomic E-state index is -0.805. The molecule has 2 aromatic rings. The van der Waals surface area contributed by atoms with E-state index in [1.165, 1.54) is 0 Å². The minimum Gasteiger partial charge on any atom is -0.497 e. The molecule has 1 heterocycles. The maximum absolute atomic E-state index is 13.1. The van der Waals surface area contributed by atoms with Gasteiger partial charge in [0.2, 0.25) is 11.8 Å². The number of methoxy groups -OCH3 is 1. The number of nitrogens with two attached hydrogens (primary N) is 5. The molecule has 0 aliphatic carbocycles. The number of fused-ring (bicyclic) bond motifs is 1. The van der Waals surface area contributed by atoms with Crippen LogP contribution in [0.4, 0.5) is 5.69 Å². The fourth-order valence-corrected chi connectivity index (χ4v) is 4.64. The van der Waals surface area contributed by atoms with Crippen molar-refractivity contribution in [1.29, 1.82) is 0 Å². The molecule has 1 unspecified atom stereocenters. The first-order valence-electron chi connectivity index (χ1n) is 15.4. The first-order valence-corrected chi connectivity index (χ1v) is 15.4. The standard InChI is InChI=1S/C31H53N11O3/c1-19(40-24-18-21(45-5)17-20-12-13-25(31(2,3)4)42-26(20)24)9-6-14-37-28(44)23(11-8-16-39-30(35)36)41-27(43)22(32)10-7-15-38-29(33)34/h12-13,17-19,22-23,40H,6-11,14-16,32H2,1-5H3,(H,37,44)(H,41,43)(H4,33,34,38)(H4,35,36,39)/t19?,22-,23-/m0/s1. The Hall–Kier alpha value is -4.33. The van der Waals surface area contributed by atoms with Gasteiger partial charge in [-0.2, -0.15) is 0 Å². The molecular weight excluding hydrogens is 574 g/mol. The lowest BCUT2D eigenvalue weighted by molar-refractivity contribution is -0.129. The third-order valence-corrected chi connectivity index (χ3v) is 7.17. The molecule has 2 rings (SSSR count). The number of carbonyl (C=O) groups is 2. The SMILES string of the molecule is COc1cc(NC(C)CCCNC(=O)[C@H](CCCN=C(N)N)NC(=O)[C@@H](N)CCCN=C(N)N)c2nc(C(C)(C)C)ccc2c1. The highest BCUT2D eigenvalue weighted by atomic mass is 16.5. The van der Waals surface area contributed by atoms with Gasteiger partial charge >= 0.3 is 0 Å². The zero-order chi connectivity index (χ0) is 33.6. The van der Waals surface area contributed by atoms with E-state index in [1.54, 1.807) is 7.11 Å². The maximum atomic E-state index is 13.1. The van der Waals surface area contributed by atoms with Crippen LogP contribution in [0, 0.1) is 0 Å². The Balaban J connectivity index is 1.97. The molecule has 0 bridgehead atoms. The van der Waals surface area contributed by atoms with E-state index in [2.05, 4.69) is 65.8 Å². The van der Waals surface area contributed by atoms with E-state index in [0.29, 0.717) is 51.7 Å². The number of pyridine rings is 1. The number of hydrogen-bond donors (Lipinski definition) is 8. The number of anilines is 1. The molecule has 0 saturated heterocycles. The number of carbonyl (C=O) groups excluding carboxylic acids is 2. The molecule has 0 fully saturated rings. The van der Waals surface area contributed by atoms with Crippen molar-refractivity contribution in [3.8, 4) is 5.75 Å². The number of guanidine groups is 2. The second-order valence-corrected chi connectivity index (χ2v) is 12.2. The average molecular weight is 628 g/mol. The molecule has 250 valence electrons. The Morgan fingerprint density at radius 2 is 1.58 bits per heavy atom. The van der Waals surface area contributed by atoms with Crippen LogP contribution in [0.15, 0.2) is 34.3 Å². The number of rotatable bonds is 18. The summed E-state index contributed by atoms with van der Waals surface area (Å²) in [6.45, 7) is 9.63. The maximum Gasteiger partial charge on any atom is 0.242 e. The highest BCUT2D eigenvalue weighted by Crippen LogP contribution is 2.31. The number of aliphatic imine (C=N–C) groups is 2. The van der Waals surface area contributed by atoms with Gasteiger partial charge in [0, 0.05) is 48.2 Å². The monoisotopic (exact) mass is 627 g/mol. The lowest BCUT2D eigenvalue weighted by Gasteiger charge is -2.22. The van der Waals surface area contributed by atoms with Crippen LogP contribution in [0.1, 0.15) is 71.9 Å². The summed E-state index contributed by atoms with van der Waals surface area (Å²) in [6, 6.07) is 6.57. The van der Waals surface area contributed by atoms with E-state index in [4.69, 9.17) is 38.4 Å². The number of nitrogens with one attached hydrogen (secondary N) is 3. The van der Waals surface area contributed by atoms with E-state index in [1.807, 2.05) is 12.1 Å². The molecule has 0 aliphatic heterocycles. The molecule has 2 amide bonds. The number of hydrogen-bond acceptors (Lipinski definition) is 8. The third-order valence-electron chi connectivity index (χ3n) is 7.17. The summed E-state index contributed by atoms with van der Waals surface area (Å²) in [6.07, 6.45) is 3.22. The van der Waals surface area contributed by atoms with Gasteiger partial charge in [-0.15, -0.1) is 0 Å². The number of amides is 2. The molecule has 45 heavy (non-hydrogen) atoms. The summed E-state index contributed by atoms with van der Waals surface area (Å²) in [4.78, 5) is 38.7. The second-order valence-electron chi connectivity index (χ2n) is 12.2. The van der Waals surface area contributed by atoms with Crippen LogP contribution in [-0.2, 0) is 15.0 Å². The highest BCUT2D eigenvalue weighted by Gasteiger charge is 2.23. The molecular formula is C31H53N11O3. The van der Waals surface area contributed by atoms with Gasteiger partial charge in [0.15, 0.2) is 11.9 Å². The fourth-order valence-electron chi connectivity index (χ4n) is 4.64. The predicted molar refractivity (Wildman–Crippen MR) is 182 cm³/mol. The van der Waals surface area contributed by atoms with Gasteiger partial charge in [-0.25, -0.2) is 0 Å². The zero-order valence-electron chi connectivity index (χ0n) is 27.4. The van der Waals surface area contributed by atoms with Crippen LogP contribution in [0.25, 0.3) is 10.9 Å². The van der Waals surface area contributed by atoms with Crippen molar-refractivity contribution in [2.75, 3.05) is 32.1 Å². The molecule has 0 saturated carbocycles. The predicted octanol–water partition coefficient (Wildman–Crippen LogP) is 1.16. The van der Waals surface area contributed by atoms with Gasteiger partial charge in [-0.1, -0.05) is 26.8 Å². The smallest absolute Gasteiger partial charge is 0.242 e. The molecule has 1 aromatic carbocycles. The average Bonchev–Trinajstić information content (AvgIpc) is 2.97. The summed E-state index contributed by atoms with van der Waals surface area (Å²) < 4.78 is 5.52. The van der Waals surface area contributed by atoms with Gasteiger partial charge in [0.05, 0.1) is 24.4 Å². The number of ether oxygens (including phenoxy) is 1. The van der Waals surface area contributed by atoms with E-state index in [-0.39, 0.29) is 29.3 Å². The normalized spacial score (nSPS) is 13.3. The molecule has 3 atom stereocenters. The largest absolute Gasteiger partial charge is 0.497 e. The lowest BCUT2D eigenvalue weighted by Crippen LogP contribution is -2.51. The Kier molecular flexibility index (Phi) is 14.6. The minimum absolute atomic E-state index is 0.0174. The van der Waals surface area contributed by atoms with Gasteiger partial charge in [-0.3, -0.25) is 24.6 Å². The van der Waals surface area contributed by atoms with Crippen molar-refractivity contribution in [3.05, 3.63) is 30.0 Å².